The second-order valence-corrected chi connectivity index (χ2v) is 8.03. The van der Waals surface area contributed by atoms with Gasteiger partial charge in [0.05, 0.1) is 22.8 Å². The highest BCUT2D eigenvalue weighted by molar-refractivity contribution is 5.97. The maximum atomic E-state index is 4.62. The van der Waals surface area contributed by atoms with E-state index in [1.54, 1.807) is 0 Å². The Bertz CT molecular complexity index is 1010. The maximum absolute atomic E-state index is 4.62. The molecule has 41 heavy (non-hydrogen) atoms. The number of hydrogen-bond acceptors (Lipinski definition) is 6. The van der Waals surface area contributed by atoms with Crippen LogP contribution >= 0.6 is 0 Å². The molecule has 3 aromatic rings. The van der Waals surface area contributed by atoms with E-state index in [4.69, 9.17) is 0 Å². The van der Waals surface area contributed by atoms with Crippen molar-refractivity contribution in [2.24, 2.45) is 4.99 Å². The molecule has 3 aromatic heterocycles. The Morgan fingerprint density at radius 1 is 0.537 bits per heavy atom. The molecule has 1 aliphatic heterocycles. The van der Waals surface area contributed by atoms with Crippen LogP contribution in [0.2, 0.25) is 0 Å². The van der Waals surface area contributed by atoms with E-state index < -0.39 is 0 Å². The summed E-state index contributed by atoms with van der Waals surface area (Å²) in [7, 11) is 0. The molecule has 0 bridgehead atoms. The second kappa shape index (κ2) is 26.7. The Hall–Kier alpha value is -3.48. The fourth-order valence-electron chi connectivity index (χ4n) is 3.73. The number of nitrogens with zero attached hydrogens (tertiary/aromatic N) is 6. The van der Waals surface area contributed by atoms with Crippen LogP contribution in [-0.4, -0.2) is 50.1 Å². The van der Waals surface area contributed by atoms with Gasteiger partial charge in [-0.1, -0.05) is 85.7 Å². The first-order valence-electron chi connectivity index (χ1n) is 15.4. The van der Waals surface area contributed by atoms with Crippen molar-refractivity contribution in [1.82, 2.24) is 24.8 Å². The SMILES string of the molecule is C1=CN=C(CN(CCN(Cc2ccccn2)Cc2ccccn2)Cc2ccccn2)C=CC1.CC.CC.CC.CC. The standard InChI is InChI=1S/C27H30N6.4C2H6/c1-2-10-24(28-14-6-1)20-32(21-25-11-3-7-15-29-25)18-19-33(22-26-12-4-8-16-30-26)23-27-13-5-9-17-31-27;4*1-2/h2-17H,1,18-23H2;4*1-2H3. The van der Waals surface area contributed by atoms with Crippen molar-refractivity contribution < 1.29 is 0 Å². The number of pyridine rings is 3. The molecule has 0 aliphatic carbocycles. The number of rotatable bonds is 11. The summed E-state index contributed by atoms with van der Waals surface area (Å²) < 4.78 is 0. The number of hydrogen-bond donors (Lipinski definition) is 0. The van der Waals surface area contributed by atoms with Crippen LogP contribution in [0.4, 0.5) is 0 Å². The molecule has 1 aliphatic rings. The van der Waals surface area contributed by atoms with Crippen LogP contribution in [0, 0.1) is 0 Å². The zero-order valence-corrected chi connectivity index (χ0v) is 26.9. The molecule has 6 heteroatoms. The van der Waals surface area contributed by atoms with E-state index in [0.717, 1.165) is 68.5 Å². The van der Waals surface area contributed by atoms with Crippen molar-refractivity contribution in [1.29, 1.82) is 0 Å². The van der Waals surface area contributed by atoms with E-state index >= 15 is 0 Å². The molecule has 0 atom stereocenters. The zero-order valence-electron chi connectivity index (χ0n) is 26.9. The van der Waals surface area contributed by atoms with Crippen molar-refractivity contribution in [2.75, 3.05) is 19.6 Å². The Morgan fingerprint density at radius 2 is 0.951 bits per heavy atom. The van der Waals surface area contributed by atoms with E-state index in [1.165, 1.54) is 0 Å². The van der Waals surface area contributed by atoms with Crippen LogP contribution in [0.15, 0.2) is 103 Å². The minimum absolute atomic E-state index is 0.776. The predicted octanol–water partition coefficient (Wildman–Crippen LogP) is 8.40. The first-order valence-corrected chi connectivity index (χ1v) is 15.4. The van der Waals surface area contributed by atoms with Gasteiger partial charge in [-0.25, -0.2) is 0 Å². The molecule has 0 radical (unpaired) electrons. The average Bonchev–Trinajstić information content (AvgIpc) is 3.34. The Labute approximate surface area is 251 Å². The third-order valence-electron chi connectivity index (χ3n) is 5.38. The molecule has 4 rings (SSSR count). The molecule has 0 spiro atoms. The minimum Gasteiger partial charge on any atom is -0.290 e. The Balaban J connectivity index is 0.00000184. The van der Waals surface area contributed by atoms with Gasteiger partial charge in [-0.15, -0.1) is 0 Å². The van der Waals surface area contributed by atoms with Gasteiger partial charge in [-0.05, 0) is 48.9 Å². The molecule has 0 N–H and O–H groups in total. The van der Waals surface area contributed by atoms with Crippen molar-refractivity contribution in [2.45, 2.75) is 81.4 Å². The van der Waals surface area contributed by atoms with Gasteiger partial charge >= 0.3 is 0 Å². The summed E-state index contributed by atoms with van der Waals surface area (Å²) in [5, 5.41) is 0. The summed E-state index contributed by atoms with van der Waals surface area (Å²) in [6, 6.07) is 18.2. The van der Waals surface area contributed by atoms with Crippen molar-refractivity contribution >= 4 is 5.71 Å². The molecule has 0 fully saturated rings. The lowest BCUT2D eigenvalue weighted by atomic mass is 10.2. The average molecular weight is 559 g/mol. The lowest BCUT2D eigenvalue weighted by molar-refractivity contribution is 0.197. The molecule has 224 valence electrons. The van der Waals surface area contributed by atoms with Crippen LogP contribution < -0.4 is 0 Å². The third-order valence-corrected chi connectivity index (χ3v) is 5.38. The van der Waals surface area contributed by atoms with E-state index in [1.807, 2.05) is 117 Å². The van der Waals surface area contributed by atoms with Crippen LogP contribution in [0.5, 0.6) is 0 Å². The summed E-state index contributed by atoms with van der Waals surface area (Å²) in [6.45, 7) is 20.9. The molecule has 0 saturated heterocycles. The molecule has 0 aromatic carbocycles. The molecule has 4 heterocycles. The van der Waals surface area contributed by atoms with Crippen molar-refractivity contribution in [3.63, 3.8) is 0 Å². The smallest absolute Gasteiger partial charge is 0.0544 e. The van der Waals surface area contributed by atoms with Gasteiger partial charge in [0.2, 0.25) is 0 Å². The maximum Gasteiger partial charge on any atom is 0.0544 e. The monoisotopic (exact) mass is 558 g/mol. The van der Waals surface area contributed by atoms with E-state index in [0.29, 0.717) is 0 Å². The highest BCUT2D eigenvalue weighted by Gasteiger charge is 2.14. The van der Waals surface area contributed by atoms with Gasteiger partial charge in [0, 0.05) is 64.1 Å². The third kappa shape index (κ3) is 17.1. The van der Waals surface area contributed by atoms with Crippen molar-refractivity contribution in [3.05, 3.63) is 115 Å². The van der Waals surface area contributed by atoms with Crippen LogP contribution in [0.3, 0.4) is 0 Å². The normalized spacial score (nSPS) is 11.3. The summed E-state index contributed by atoms with van der Waals surface area (Å²) in [5.74, 6) is 0. The number of allylic oxidation sites excluding steroid dienone is 2. The Kier molecular flexibility index (Phi) is 24.5. The largest absolute Gasteiger partial charge is 0.290 e. The Morgan fingerprint density at radius 3 is 1.34 bits per heavy atom. The zero-order chi connectivity index (χ0) is 30.6. The molecule has 0 amide bonds. The van der Waals surface area contributed by atoms with Gasteiger partial charge in [0.1, 0.15) is 0 Å². The van der Waals surface area contributed by atoms with Gasteiger partial charge in [0.15, 0.2) is 0 Å². The summed E-state index contributed by atoms with van der Waals surface area (Å²) in [6.07, 6.45) is 14.8. The van der Waals surface area contributed by atoms with Crippen LogP contribution in [0.1, 0.15) is 78.9 Å². The predicted molar refractivity (Wildman–Crippen MR) is 178 cm³/mol. The quantitative estimate of drug-likeness (QED) is 0.236. The highest BCUT2D eigenvalue weighted by Crippen LogP contribution is 2.09. The lowest BCUT2D eigenvalue weighted by Gasteiger charge is -2.27. The fraction of sp³-hybridized carbons (Fsp3) is 0.429. The van der Waals surface area contributed by atoms with Crippen LogP contribution in [-0.2, 0) is 19.6 Å². The highest BCUT2D eigenvalue weighted by atomic mass is 15.2. The van der Waals surface area contributed by atoms with E-state index in [9.17, 15) is 0 Å². The van der Waals surface area contributed by atoms with Gasteiger partial charge < -0.3 is 0 Å². The first kappa shape index (κ1) is 37.5. The van der Waals surface area contributed by atoms with Crippen molar-refractivity contribution in [3.8, 4) is 0 Å². The molecular formula is C35H54N6. The summed E-state index contributed by atoms with van der Waals surface area (Å²) >= 11 is 0. The molecule has 0 saturated carbocycles. The first-order chi connectivity index (χ1) is 20.3. The summed E-state index contributed by atoms with van der Waals surface area (Å²) in [4.78, 5) is 23.1. The topological polar surface area (TPSA) is 57.5 Å². The molecule has 0 unspecified atom stereocenters. The van der Waals surface area contributed by atoms with E-state index in [2.05, 4.69) is 66.2 Å². The van der Waals surface area contributed by atoms with E-state index in [-0.39, 0.29) is 0 Å². The molecular weight excluding hydrogens is 504 g/mol. The summed E-state index contributed by atoms with van der Waals surface area (Å²) in [5.41, 5.74) is 4.25. The van der Waals surface area contributed by atoms with Gasteiger partial charge in [-0.2, -0.15) is 0 Å². The second-order valence-electron chi connectivity index (χ2n) is 8.03. The van der Waals surface area contributed by atoms with Crippen LogP contribution in [0.25, 0.3) is 0 Å². The van der Waals surface area contributed by atoms with Gasteiger partial charge in [-0.3, -0.25) is 29.7 Å². The lowest BCUT2D eigenvalue weighted by Crippen LogP contribution is -2.37. The number of aromatic nitrogens is 3. The fourth-order valence-corrected chi connectivity index (χ4v) is 3.73. The number of aliphatic imine (C=N–C) groups is 1. The molecule has 6 nitrogen and oxygen atoms in total. The van der Waals surface area contributed by atoms with Gasteiger partial charge in [0.25, 0.3) is 0 Å². The minimum atomic E-state index is 0.776.